The fraction of sp³-hybridized carbons (Fsp3) is 0.235. The monoisotopic (exact) mass is 345 g/mol. The number of thiophene rings is 1. The van der Waals surface area contributed by atoms with Crippen LogP contribution < -0.4 is 11.1 Å². The zero-order valence-electron chi connectivity index (χ0n) is 12.3. The molecule has 118 valence electrons. The van der Waals surface area contributed by atoms with Crippen LogP contribution in [0.1, 0.15) is 22.9 Å². The summed E-state index contributed by atoms with van der Waals surface area (Å²) in [6.07, 6.45) is 1.11. The SMILES string of the molecule is N[C@@H]1c2ccccc2C[C@H]1NC(=O)Cc1cc2cc(Cl)sc2[nH]1. The van der Waals surface area contributed by atoms with Crippen LogP contribution in [0.3, 0.4) is 0 Å². The summed E-state index contributed by atoms with van der Waals surface area (Å²) in [5.74, 6) is -0.0155. The fourth-order valence-corrected chi connectivity index (χ4v) is 4.39. The van der Waals surface area contributed by atoms with Gasteiger partial charge in [-0.2, -0.15) is 0 Å². The Hall–Kier alpha value is -1.82. The van der Waals surface area contributed by atoms with Crippen LogP contribution in [0.15, 0.2) is 36.4 Å². The van der Waals surface area contributed by atoms with Crippen molar-refractivity contribution in [2.45, 2.75) is 24.9 Å². The first-order chi connectivity index (χ1) is 11.1. The minimum Gasteiger partial charge on any atom is -0.351 e. The molecule has 1 aromatic carbocycles. The highest BCUT2D eigenvalue weighted by molar-refractivity contribution is 7.22. The van der Waals surface area contributed by atoms with Crippen LogP contribution in [-0.2, 0) is 17.6 Å². The summed E-state index contributed by atoms with van der Waals surface area (Å²) in [6.45, 7) is 0. The average Bonchev–Trinajstić information content (AvgIpc) is 3.11. The normalized spacial score (nSPS) is 19.9. The van der Waals surface area contributed by atoms with Crippen molar-refractivity contribution in [3.63, 3.8) is 0 Å². The van der Waals surface area contributed by atoms with E-state index in [9.17, 15) is 4.79 Å². The highest BCUT2D eigenvalue weighted by Gasteiger charge is 2.30. The van der Waals surface area contributed by atoms with Crippen LogP contribution in [0.5, 0.6) is 0 Å². The van der Waals surface area contributed by atoms with Gasteiger partial charge < -0.3 is 16.0 Å². The van der Waals surface area contributed by atoms with E-state index >= 15 is 0 Å². The van der Waals surface area contributed by atoms with Gasteiger partial charge in [0.15, 0.2) is 0 Å². The molecule has 3 aromatic rings. The van der Waals surface area contributed by atoms with Crippen molar-refractivity contribution >= 4 is 39.1 Å². The third-order valence-electron chi connectivity index (χ3n) is 4.32. The Labute approximate surface area is 142 Å². The highest BCUT2D eigenvalue weighted by Crippen LogP contribution is 2.30. The van der Waals surface area contributed by atoms with Gasteiger partial charge in [0.2, 0.25) is 5.91 Å². The average molecular weight is 346 g/mol. The van der Waals surface area contributed by atoms with Crippen molar-refractivity contribution in [1.29, 1.82) is 0 Å². The Balaban J connectivity index is 1.43. The Morgan fingerprint density at radius 1 is 1.39 bits per heavy atom. The molecule has 0 spiro atoms. The molecule has 1 amide bonds. The minimum atomic E-state index is -0.138. The first-order valence-electron chi connectivity index (χ1n) is 7.50. The number of rotatable bonds is 3. The zero-order chi connectivity index (χ0) is 16.0. The summed E-state index contributed by atoms with van der Waals surface area (Å²) in [4.78, 5) is 16.6. The lowest BCUT2D eigenvalue weighted by atomic mass is 10.1. The van der Waals surface area contributed by atoms with E-state index in [0.29, 0.717) is 6.42 Å². The van der Waals surface area contributed by atoms with Crippen molar-refractivity contribution in [2.75, 3.05) is 0 Å². The first-order valence-corrected chi connectivity index (χ1v) is 8.69. The Kier molecular flexibility index (Phi) is 3.64. The molecule has 0 radical (unpaired) electrons. The zero-order valence-corrected chi connectivity index (χ0v) is 13.9. The van der Waals surface area contributed by atoms with E-state index in [1.54, 1.807) is 0 Å². The molecule has 0 saturated heterocycles. The number of hydrogen-bond acceptors (Lipinski definition) is 3. The van der Waals surface area contributed by atoms with Crippen LogP contribution in [0.25, 0.3) is 10.2 Å². The molecule has 23 heavy (non-hydrogen) atoms. The van der Waals surface area contributed by atoms with E-state index in [4.69, 9.17) is 17.3 Å². The maximum Gasteiger partial charge on any atom is 0.226 e. The van der Waals surface area contributed by atoms with Gasteiger partial charge >= 0.3 is 0 Å². The van der Waals surface area contributed by atoms with Gasteiger partial charge in [-0.05, 0) is 29.7 Å². The van der Waals surface area contributed by atoms with E-state index in [-0.39, 0.29) is 18.0 Å². The lowest BCUT2D eigenvalue weighted by Gasteiger charge is -2.17. The number of fused-ring (bicyclic) bond motifs is 2. The molecule has 6 heteroatoms. The predicted octanol–water partition coefficient (Wildman–Crippen LogP) is 3.17. The maximum atomic E-state index is 12.3. The predicted molar refractivity (Wildman–Crippen MR) is 93.9 cm³/mol. The van der Waals surface area contributed by atoms with Gasteiger partial charge in [-0.15, -0.1) is 11.3 Å². The number of aromatic nitrogens is 1. The molecule has 0 bridgehead atoms. The molecule has 0 fully saturated rings. The second-order valence-electron chi connectivity index (χ2n) is 5.91. The number of nitrogens with two attached hydrogens (primary N) is 1. The van der Waals surface area contributed by atoms with Crippen LogP contribution in [0.2, 0.25) is 4.34 Å². The number of halogens is 1. The smallest absolute Gasteiger partial charge is 0.226 e. The summed E-state index contributed by atoms with van der Waals surface area (Å²) < 4.78 is 0.747. The summed E-state index contributed by atoms with van der Waals surface area (Å²) in [7, 11) is 0. The molecule has 4 rings (SSSR count). The second-order valence-corrected chi connectivity index (χ2v) is 7.59. The molecule has 1 aliphatic carbocycles. The van der Waals surface area contributed by atoms with Gasteiger partial charge in [0, 0.05) is 11.1 Å². The van der Waals surface area contributed by atoms with Crippen LogP contribution in [0, 0.1) is 0 Å². The van der Waals surface area contributed by atoms with Gasteiger partial charge in [-0.25, -0.2) is 0 Å². The van der Waals surface area contributed by atoms with E-state index in [1.165, 1.54) is 16.9 Å². The van der Waals surface area contributed by atoms with Gasteiger partial charge in [0.05, 0.1) is 22.8 Å². The van der Waals surface area contributed by atoms with Crippen LogP contribution in [-0.4, -0.2) is 16.9 Å². The molecule has 4 nitrogen and oxygen atoms in total. The molecule has 0 saturated carbocycles. The number of carbonyl (C=O) groups excluding carboxylic acids is 1. The lowest BCUT2D eigenvalue weighted by Crippen LogP contribution is -2.41. The largest absolute Gasteiger partial charge is 0.351 e. The summed E-state index contributed by atoms with van der Waals surface area (Å²) in [5.41, 5.74) is 9.51. The molecular weight excluding hydrogens is 330 g/mol. The first kappa shape index (κ1) is 14.8. The second kappa shape index (κ2) is 5.67. The standard InChI is InChI=1S/C17H16ClN3OS/c18-14-7-10-5-11(20-17(10)23-14)8-15(22)21-13-6-9-3-1-2-4-12(9)16(13)19/h1-5,7,13,16,20H,6,8,19H2,(H,21,22)/t13-,16-/m1/s1. The molecule has 0 aliphatic heterocycles. The van der Waals surface area contributed by atoms with Crippen LogP contribution in [0.4, 0.5) is 0 Å². The van der Waals surface area contributed by atoms with Gasteiger partial charge in [-0.1, -0.05) is 35.9 Å². The van der Waals surface area contributed by atoms with E-state index < -0.39 is 0 Å². The highest BCUT2D eigenvalue weighted by atomic mass is 35.5. The number of benzene rings is 1. The molecular formula is C17H16ClN3OS. The Morgan fingerprint density at radius 3 is 3.00 bits per heavy atom. The number of H-pyrrole nitrogens is 1. The Bertz CT molecular complexity index is 853. The summed E-state index contributed by atoms with van der Waals surface area (Å²) in [6, 6.07) is 11.8. The molecule has 0 unspecified atom stereocenters. The third kappa shape index (κ3) is 2.76. The lowest BCUT2D eigenvalue weighted by molar-refractivity contribution is -0.121. The van der Waals surface area contributed by atoms with Gasteiger partial charge in [0.1, 0.15) is 4.83 Å². The van der Waals surface area contributed by atoms with Crippen molar-refractivity contribution in [2.24, 2.45) is 5.73 Å². The number of nitrogens with one attached hydrogen (secondary N) is 2. The molecule has 1 aliphatic rings. The molecule has 2 aromatic heterocycles. The van der Waals surface area contributed by atoms with Crippen molar-refractivity contribution < 1.29 is 4.79 Å². The number of aromatic amines is 1. The summed E-state index contributed by atoms with van der Waals surface area (Å²) in [5, 5.41) is 4.11. The van der Waals surface area contributed by atoms with E-state index in [2.05, 4.69) is 16.4 Å². The van der Waals surface area contributed by atoms with Gasteiger partial charge in [0.25, 0.3) is 0 Å². The molecule has 2 atom stereocenters. The number of hydrogen-bond donors (Lipinski definition) is 3. The molecule has 4 N–H and O–H groups in total. The Morgan fingerprint density at radius 2 is 2.22 bits per heavy atom. The van der Waals surface area contributed by atoms with E-state index in [0.717, 1.165) is 32.2 Å². The topological polar surface area (TPSA) is 70.9 Å². The molecule has 2 heterocycles. The van der Waals surface area contributed by atoms with Gasteiger partial charge in [-0.3, -0.25) is 4.79 Å². The van der Waals surface area contributed by atoms with Crippen molar-refractivity contribution in [3.05, 3.63) is 57.6 Å². The third-order valence-corrected chi connectivity index (χ3v) is 5.51. The minimum absolute atomic E-state index is 0.0155. The maximum absolute atomic E-state index is 12.3. The fourth-order valence-electron chi connectivity index (χ4n) is 3.24. The van der Waals surface area contributed by atoms with Crippen LogP contribution >= 0.6 is 22.9 Å². The van der Waals surface area contributed by atoms with E-state index in [1.807, 2.05) is 30.3 Å². The van der Waals surface area contributed by atoms with Crippen molar-refractivity contribution in [3.8, 4) is 0 Å². The van der Waals surface area contributed by atoms with Crippen molar-refractivity contribution in [1.82, 2.24) is 10.3 Å². The number of amides is 1. The summed E-state index contributed by atoms with van der Waals surface area (Å²) >= 11 is 7.44. The quantitative estimate of drug-likeness (QED) is 0.682. The number of carbonyl (C=O) groups is 1.